The summed E-state index contributed by atoms with van der Waals surface area (Å²) in [6, 6.07) is 0.420. The molecule has 0 bridgehead atoms. The van der Waals surface area contributed by atoms with Crippen LogP contribution in [0.25, 0.3) is 0 Å². The van der Waals surface area contributed by atoms with E-state index >= 15 is 0 Å². The molecule has 0 aromatic carbocycles. The fraction of sp³-hybridized carbons (Fsp3) is 0.892. The highest BCUT2D eigenvalue weighted by Gasteiger charge is 2.36. The Morgan fingerprint density at radius 1 is 0.702 bits per heavy atom. The van der Waals surface area contributed by atoms with Crippen LogP contribution in [-0.2, 0) is 28.7 Å². The van der Waals surface area contributed by atoms with Crippen molar-refractivity contribution in [1.29, 1.82) is 0 Å². The number of carbonyl (C=O) groups is 4. The summed E-state index contributed by atoms with van der Waals surface area (Å²) in [5.41, 5.74) is 0. The topological polar surface area (TPSA) is 117 Å². The summed E-state index contributed by atoms with van der Waals surface area (Å²) in [5.74, 6) is 0.732. The molecule has 0 saturated carbocycles. The molecule has 0 aromatic rings. The van der Waals surface area contributed by atoms with Gasteiger partial charge in [-0.2, -0.15) is 0 Å². The Morgan fingerprint density at radius 3 is 1.74 bits per heavy atom. The van der Waals surface area contributed by atoms with Crippen molar-refractivity contribution in [2.75, 3.05) is 39.3 Å². The van der Waals surface area contributed by atoms with Crippen molar-refractivity contribution >= 4 is 23.5 Å². The van der Waals surface area contributed by atoms with E-state index in [1.165, 1.54) is 0 Å². The zero-order valence-electron chi connectivity index (χ0n) is 31.2. The Labute approximate surface area is 286 Å². The highest BCUT2D eigenvalue weighted by molar-refractivity contribution is 5.80. The molecule has 1 saturated heterocycles. The van der Waals surface area contributed by atoms with Crippen LogP contribution < -0.4 is 10.6 Å². The van der Waals surface area contributed by atoms with Gasteiger partial charge in [0.15, 0.2) is 0 Å². The first-order chi connectivity index (χ1) is 22.3. The molecule has 10 heteroatoms. The van der Waals surface area contributed by atoms with Gasteiger partial charge in [0, 0.05) is 57.3 Å². The zero-order chi connectivity index (χ0) is 35.2. The van der Waals surface area contributed by atoms with Crippen LogP contribution in [0.4, 0.5) is 0 Å². The van der Waals surface area contributed by atoms with E-state index in [4.69, 9.17) is 9.47 Å². The Bertz CT molecular complexity index is 894. The second-order valence-corrected chi connectivity index (χ2v) is 14.4. The largest absolute Gasteiger partial charge is 0.377 e. The monoisotopic (exact) mass is 667 g/mol. The van der Waals surface area contributed by atoms with Crippen molar-refractivity contribution in [3.8, 4) is 0 Å². The highest BCUT2D eigenvalue weighted by atomic mass is 16.5. The Balaban J connectivity index is 2.17. The Kier molecular flexibility index (Phi) is 22.9. The minimum Gasteiger partial charge on any atom is -0.377 e. The summed E-state index contributed by atoms with van der Waals surface area (Å²) < 4.78 is 11.8. The van der Waals surface area contributed by atoms with Crippen molar-refractivity contribution in [1.82, 2.24) is 20.4 Å². The molecular weight excluding hydrogens is 596 g/mol. The van der Waals surface area contributed by atoms with Crippen LogP contribution in [0.2, 0.25) is 0 Å². The molecule has 3 amide bonds. The maximum Gasteiger partial charge on any atom is 0.222 e. The molecule has 10 nitrogen and oxygen atoms in total. The molecule has 1 heterocycles. The third-order valence-corrected chi connectivity index (χ3v) is 8.67. The van der Waals surface area contributed by atoms with Gasteiger partial charge in [0.1, 0.15) is 5.78 Å². The summed E-state index contributed by atoms with van der Waals surface area (Å²) in [6.07, 6.45) is 10.2. The van der Waals surface area contributed by atoms with Crippen molar-refractivity contribution < 1.29 is 28.7 Å². The molecule has 0 radical (unpaired) electrons. The van der Waals surface area contributed by atoms with Crippen molar-refractivity contribution in [2.24, 2.45) is 5.92 Å². The number of Topliss-reactive ketones (excluding diaryl/α,β-unsaturated/α-hetero) is 1. The van der Waals surface area contributed by atoms with Gasteiger partial charge in [0.05, 0.1) is 31.0 Å². The van der Waals surface area contributed by atoms with E-state index in [-0.39, 0.29) is 48.0 Å². The molecular formula is C37H70N4O6. The van der Waals surface area contributed by atoms with Crippen LogP contribution in [0.1, 0.15) is 139 Å². The molecule has 0 spiro atoms. The third kappa shape index (κ3) is 20.8. The maximum absolute atomic E-state index is 13.0. The Morgan fingerprint density at radius 2 is 1.26 bits per heavy atom. The van der Waals surface area contributed by atoms with Crippen LogP contribution in [0.5, 0.6) is 0 Å². The van der Waals surface area contributed by atoms with Crippen molar-refractivity contribution in [2.45, 2.75) is 169 Å². The van der Waals surface area contributed by atoms with Crippen LogP contribution in [-0.4, -0.2) is 103 Å². The van der Waals surface area contributed by atoms with E-state index in [0.29, 0.717) is 63.7 Å². The molecule has 1 rings (SSSR count). The molecule has 274 valence electrons. The van der Waals surface area contributed by atoms with Crippen molar-refractivity contribution in [3.63, 3.8) is 0 Å². The van der Waals surface area contributed by atoms with Gasteiger partial charge in [-0.15, -0.1) is 0 Å². The first-order valence-corrected chi connectivity index (χ1v) is 18.7. The lowest BCUT2D eigenvalue weighted by molar-refractivity contribution is -0.134. The predicted octanol–water partition coefficient (Wildman–Crippen LogP) is 5.66. The van der Waals surface area contributed by atoms with Gasteiger partial charge in [-0.3, -0.25) is 19.2 Å². The summed E-state index contributed by atoms with van der Waals surface area (Å²) in [4.78, 5) is 53.6. The molecule has 2 atom stereocenters. The van der Waals surface area contributed by atoms with Crippen LogP contribution in [0.15, 0.2) is 0 Å². The van der Waals surface area contributed by atoms with Gasteiger partial charge < -0.3 is 29.9 Å². The van der Waals surface area contributed by atoms with E-state index in [9.17, 15) is 19.2 Å². The molecule has 1 fully saturated rings. The zero-order valence-corrected chi connectivity index (χ0v) is 31.2. The normalized spacial score (nSPS) is 16.7. The number of ketones is 1. The first kappa shape index (κ1) is 43.0. The van der Waals surface area contributed by atoms with Gasteiger partial charge in [-0.25, -0.2) is 0 Å². The number of carbonyl (C=O) groups excluding carboxylic acids is 4. The number of unbranched alkanes of at least 4 members (excludes halogenated alkanes) is 4. The minimum absolute atomic E-state index is 0.0641. The van der Waals surface area contributed by atoms with E-state index in [2.05, 4.69) is 29.4 Å². The summed E-state index contributed by atoms with van der Waals surface area (Å²) in [7, 11) is 0. The van der Waals surface area contributed by atoms with Gasteiger partial charge in [0.25, 0.3) is 0 Å². The molecule has 1 aliphatic heterocycles. The van der Waals surface area contributed by atoms with E-state index in [1.54, 1.807) is 0 Å². The number of nitrogens with zero attached hydrogens (tertiary/aromatic N) is 2. The van der Waals surface area contributed by atoms with Gasteiger partial charge in [0.2, 0.25) is 17.7 Å². The smallest absolute Gasteiger partial charge is 0.222 e. The number of amides is 3. The fourth-order valence-corrected chi connectivity index (χ4v) is 5.88. The van der Waals surface area contributed by atoms with Crippen LogP contribution in [0.3, 0.4) is 0 Å². The standard InChI is InChI=1S/C37H70N4O6/c1-28(2)34(42)17-11-9-13-21-38-35(43)18-15-23-40(29(3)4)24-16-19-36(44)39-22-14-10-12-20-37(45)41-26-33(47-31(7)8)25-32(41)27-46-30(5)6/h28-33H,9-27H2,1-8H3,(H,38,43)(H,39,44)/t32-,33+/m0/s1. The lowest BCUT2D eigenvalue weighted by atomic mass is 10.0. The number of hydrogen-bond donors (Lipinski definition) is 2. The average Bonchev–Trinajstić information content (AvgIpc) is 3.40. The Hall–Kier alpha value is -2.04. The van der Waals surface area contributed by atoms with Gasteiger partial charge in [-0.1, -0.05) is 26.7 Å². The van der Waals surface area contributed by atoms with E-state index in [1.807, 2.05) is 46.4 Å². The van der Waals surface area contributed by atoms with E-state index < -0.39 is 0 Å². The lowest BCUT2D eigenvalue weighted by Crippen LogP contribution is -2.39. The number of nitrogens with one attached hydrogen (secondary N) is 2. The first-order valence-electron chi connectivity index (χ1n) is 18.7. The van der Waals surface area contributed by atoms with E-state index in [0.717, 1.165) is 70.9 Å². The number of rotatable bonds is 27. The summed E-state index contributed by atoms with van der Waals surface area (Å²) in [6.45, 7) is 20.4. The molecule has 0 aliphatic carbocycles. The van der Waals surface area contributed by atoms with Gasteiger partial charge >= 0.3 is 0 Å². The molecule has 0 aromatic heterocycles. The molecule has 2 N–H and O–H groups in total. The number of ether oxygens (including phenoxy) is 2. The molecule has 1 aliphatic rings. The fourth-order valence-electron chi connectivity index (χ4n) is 5.88. The summed E-state index contributed by atoms with van der Waals surface area (Å²) >= 11 is 0. The minimum atomic E-state index is 0.0641. The highest BCUT2D eigenvalue weighted by Crippen LogP contribution is 2.24. The van der Waals surface area contributed by atoms with Crippen molar-refractivity contribution in [3.05, 3.63) is 0 Å². The second-order valence-electron chi connectivity index (χ2n) is 14.4. The molecule has 47 heavy (non-hydrogen) atoms. The third-order valence-electron chi connectivity index (χ3n) is 8.67. The second kappa shape index (κ2) is 25.0. The quantitative estimate of drug-likeness (QED) is 0.109. The van der Waals surface area contributed by atoms with Gasteiger partial charge in [-0.05, 0) is 99.6 Å². The maximum atomic E-state index is 13.0. The summed E-state index contributed by atoms with van der Waals surface area (Å²) in [5, 5.41) is 6.03. The SMILES string of the molecule is CC(C)OC[C@@H]1C[C@@H](OC(C)C)CN1C(=O)CCCCCNC(=O)CCCN(CCCC(=O)NCCCCCC(=O)C(C)C)C(C)C. The average molecular weight is 667 g/mol. The molecule has 0 unspecified atom stereocenters. The lowest BCUT2D eigenvalue weighted by Gasteiger charge is -2.26. The predicted molar refractivity (Wildman–Crippen MR) is 189 cm³/mol. The van der Waals surface area contributed by atoms with Crippen LogP contribution >= 0.6 is 0 Å². The van der Waals surface area contributed by atoms with Crippen LogP contribution in [0, 0.1) is 5.92 Å². The number of hydrogen-bond acceptors (Lipinski definition) is 7. The number of likely N-dealkylation sites (tertiary alicyclic amines) is 1.